The van der Waals surface area contributed by atoms with E-state index in [2.05, 4.69) is 17.1 Å². The minimum Gasteiger partial charge on any atom is -0.496 e. The van der Waals surface area contributed by atoms with Crippen molar-refractivity contribution in [3.05, 3.63) is 29.8 Å². The van der Waals surface area contributed by atoms with Gasteiger partial charge in [-0.3, -0.25) is 9.69 Å². The van der Waals surface area contributed by atoms with Gasteiger partial charge in [0.1, 0.15) is 5.75 Å². The second kappa shape index (κ2) is 8.19. The van der Waals surface area contributed by atoms with Gasteiger partial charge >= 0.3 is 0 Å². The Hall–Kier alpha value is -1.59. The normalized spacial score (nSPS) is 21.7. The standard InChI is InChI=1S/C20H30N2O3/c1-16(20(9-5-6-10-20)22-11-13-25-14-12-22)21-19(23)15-17-7-3-4-8-18(17)24-2/h3-4,7-8,16H,5-6,9-15H2,1-2H3,(H,21,23)/t16-/m1/s1. The zero-order chi connectivity index (χ0) is 17.7. The molecule has 0 spiro atoms. The van der Waals surface area contributed by atoms with Crippen LogP contribution in [-0.2, 0) is 16.0 Å². The van der Waals surface area contributed by atoms with Crippen molar-refractivity contribution in [2.24, 2.45) is 0 Å². The smallest absolute Gasteiger partial charge is 0.224 e. The van der Waals surface area contributed by atoms with Gasteiger partial charge in [0.2, 0.25) is 5.91 Å². The molecule has 1 aromatic rings. The molecule has 1 aromatic carbocycles. The van der Waals surface area contributed by atoms with Crippen LogP contribution in [0, 0.1) is 0 Å². The highest BCUT2D eigenvalue weighted by Gasteiger charge is 2.44. The van der Waals surface area contributed by atoms with Crippen molar-refractivity contribution in [1.29, 1.82) is 0 Å². The molecule has 2 aliphatic rings. The first kappa shape index (κ1) is 18.2. The number of methoxy groups -OCH3 is 1. The van der Waals surface area contributed by atoms with E-state index in [9.17, 15) is 4.79 Å². The zero-order valence-corrected chi connectivity index (χ0v) is 15.4. The molecule has 2 fully saturated rings. The average Bonchev–Trinajstić information content (AvgIpc) is 3.14. The van der Waals surface area contributed by atoms with Gasteiger partial charge < -0.3 is 14.8 Å². The molecule has 0 aromatic heterocycles. The second-order valence-electron chi connectivity index (χ2n) is 7.19. The zero-order valence-electron chi connectivity index (χ0n) is 15.4. The van der Waals surface area contributed by atoms with Crippen LogP contribution in [0.3, 0.4) is 0 Å². The van der Waals surface area contributed by atoms with Crippen LogP contribution in [0.25, 0.3) is 0 Å². The van der Waals surface area contributed by atoms with E-state index in [1.54, 1.807) is 7.11 Å². The molecule has 0 radical (unpaired) electrons. The molecule has 1 N–H and O–H groups in total. The molecule has 5 heteroatoms. The first-order chi connectivity index (χ1) is 12.2. The van der Waals surface area contributed by atoms with Crippen molar-refractivity contribution in [3.63, 3.8) is 0 Å². The number of hydrogen-bond donors (Lipinski definition) is 1. The number of nitrogens with one attached hydrogen (secondary N) is 1. The Labute approximate surface area is 150 Å². The number of carbonyl (C=O) groups is 1. The number of morpholine rings is 1. The van der Waals surface area contributed by atoms with E-state index in [1.165, 1.54) is 12.8 Å². The molecule has 1 amide bonds. The van der Waals surface area contributed by atoms with Crippen LogP contribution in [0.2, 0.25) is 0 Å². The summed E-state index contributed by atoms with van der Waals surface area (Å²) in [5.74, 6) is 0.839. The van der Waals surface area contributed by atoms with Gasteiger partial charge in [-0.05, 0) is 25.8 Å². The summed E-state index contributed by atoms with van der Waals surface area (Å²) in [6.45, 7) is 5.69. The minimum atomic E-state index is 0.0662. The average molecular weight is 346 g/mol. The molecule has 1 saturated carbocycles. The predicted octanol–water partition coefficient (Wildman–Crippen LogP) is 2.39. The Morgan fingerprint density at radius 3 is 2.64 bits per heavy atom. The molecule has 0 unspecified atom stereocenters. The SMILES string of the molecule is COc1ccccc1CC(=O)N[C@H](C)C1(N2CCOCC2)CCCC1. The maximum absolute atomic E-state index is 12.7. The summed E-state index contributed by atoms with van der Waals surface area (Å²) < 4.78 is 10.9. The van der Waals surface area contributed by atoms with Gasteiger partial charge in [-0.2, -0.15) is 0 Å². The Kier molecular flexibility index (Phi) is 5.97. The van der Waals surface area contributed by atoms with Crippen LogP contribution in [-0.4, -0.2) is 55.8 Å². The highest BCUT2D eigenvalue weighted by Crippen LogP contribution is 2.38. The fourth-order valence-electron chi connectivity index (χ4n) is 4.47. The van der Waals surface area contributed by atoms with Crippen LogP contribution in [0.5, 0.6) is 5.75 Å². The van der Waals surface area contributed by atoms with Crippen molar-refractivity contribution in [2.75, 3.05) is 33.4 Å². The van der Waals surface area contributed by atoms with Gasteiger partial charge in [-0.15, -0.1) is 0 Å². The third-order valence-electron chi connectivity index (χ3n) is 5.84. The monoisotopic (exact) mass is 346 g/mol. The largest absolute Gasteiger partial charge is 0.496 e. The van der Waals surface area contributed by atoms with E-state index in [0.29, 0.717) is 6.42 Å². The van der Waals surface area contributed by atoms with Crippen LogP contribution in [0.15, 0.2) is 24.3 Å². The molecule has 3 rings (SSSR count). The molecule has 1 saturated heterocycles. The first-order valence-electron chi connectivity index (χ1n) is 9.40. The van der Waals surface area contributed by atoms with Crippen LogP contribution >= 0.6 is 0 Å². The molecule has 1 aliphatic carbocycles. The van der Waals surface area contributed by atoms with Gasteiger partial charge in [0.15, 0.2) is 0 Å². The molecular formula is C20H30N2O3. The van der Waals surface area contributed by atoms with E-state index < -0.39 is 0 Å². The van der Waals surface area contributed by atoms with Gasteiger partial charge in [-0.1, -0.05) is 31.0 Å². The molecular weight excluding hydrogens is 316 g/mol. The summed E-state index contributed by atoms with van der Waals surface area (Å²) in [5, 5.41) is 3.28. The van der Waals surface area contributed by atoms with E-state index >= 15 is 0 Å². The van der Waals surface area contributed by atoms with E-state index in [0.717, 1.165) is 50.5 Å². The molecule has 1 atom stereocenters. The third-order valence-corrected chi connectivity index (χ3v) is 5.84. The summed E-state index contributed by atoms with van der Waals surface area (Å²) in [4.78, 5) is 15.2. The van der Waals surface area contributed by atoms with Gasteiger partial charge in [0.05, 0.1) is 26.7 Å². The number of rotatable bonds is 6. The van der Waals surface area contributed by atoms with E-state index in [1.807, 2.05) is 24.3 Å². The van der Waals surface area contributed by atoms with Crippen molar-refractivity contribution >= 4 is 5.91 Å². The quantitative estimate of drug-likeness (QED) is 0.859. The first-order valence-corrected chi connectivity index (χ1v) is 9.40. The number of carbonyl (C=O) groups excluding carboxylic acids is 1. The highest BCUT2D eigenvalue weighted by molar-refractivity contribution is 5.79. The van der Waals surface area contributed by atoms with Crippen LogP contribution in [0.1, 0.15) is 38.2 Å². The number of nitrogens with zero attached hydrogens (tertiary/aromatic N) is 1. The lowest BCUT2D eigenvalue weighted by atomic mass is 9.86. The van der Waals surface area contributed by atoms with Gasteiger partial charge in [0, 0.05) is 30.2 Å². The Morgan fingerprint density at radius 2 is 1.96 bits per heavy atom. The molecule has 1 aliphatic heterocycles. The molecule has 0 bridgehead atoms. The Balaban J connectivity index is 1.66. The molecule has 25 heavy (non-hydrogen) atoms. The van der Waals surface area contributed by atoms with Gasteiger partial charge in [-0.25, -0.2) is 0 Å². The van der Waals surface area contributed by atoms with E-state index in [4.69, 9.17) is 9.47 Å². The van der Waals surface area contributed by atoms with E-state index in [-0.39, 0.29) is 17.5 Å². The second-order valence-corrected chi connectivity index (χ2v) is 7.19. The van der Waals surface area contributed by atoms with Crippen molar-refractivity contribution in [2.45, 2.75) is 50.6 Å². The van der Waals surface area contributed by atoms with Crippen molar-refractivity contribution < 1.29 is 14.3 Å². The number of para-hydroxylation sites is 1. The summed E-state index contributed by atoms with van der Waals surface area (Å²) in [6.07, 6.45) is 5.15. The lowest BCUT2D eigenvalue weighted by Crippen LogP contribution is -2.62. The topological polar surface area (TPSA) is 50.8 Å². The number of amides is 1. The maximum atomic E-state index is 12.7. The highest BCUT2D eigenvalue weighted by atomic mass is 16.5. The van der Waals surface area contributed by atoms with Crippen molar-refractivity contribution in [1.82, 2.24) is 10.2 Å². The fourth-order valence-corrected chi connectivity index (χ4v) is 4.47. The van der Waals surface area contributed by atoms with Crippen LogP contribution < -0.4 is 10.1 Å². The third kappa shape index (κ3) is 3.98. The maximum Gasteiger partial charge on any atom is 0.224 e. The number of ether oxygens (including phenoxy) is 2. The Morgan fingerprint density at radius 1 is 1.28 bits per heavy atom. The lowest BCUT2D eigenvalue weighted by Gasteiger charge is -2.47. The number of benzene rings is 1. The van der Waals surface area contributed by atoms with Crippen LogP contribution in [0.4, 0.5) is 0 Å². The minimum absolute atomic E-state index is 0.0662. The fraction of sp³-hybridized carbons (Fsp3) is 0.650. The molecule has 5 nitrogen and oxygen atoms in total. The summed E-state index contributed by atoms with van der Waals surface area (Å²) in [5.41, 5.74) is 1.02. The van der Waals surface area contributed by atoms with Gasteiger partial charge in [0.25, 0.3) is 0 Å². The molecule has 1 heterocycles. The lowest BCUT2D eigenvalue weighted by molar-refractivity contribution is -0.122. The summed E-state index contributed by atoms with van der Waals surface area (Å²) in [7, 11) is 1.64. The summed E-state index contributed by atoms with van der Waals surface area (Å²) >= 11 is 0. The predicted molar refractivity (Wildman–Crippen MR) is 97.9 cm³/mol. The van der Waals surface area contributed by atoms with Crippen molar-refractivity contribution in [3.8, 4) is 5.75 Å². The Bertz CT molecular complexity index is 578. The summed E-state index contributed by atoms with van der Waals surface area (Å²) in [6, 6.07) is 7.86. The molecule has 138 valence electrons. The number of hydrogen-bond acceptors (Lipinski definition) is 4.